The van der Waals surface area contributed by atoms with Crippen LogP contribution in [0.4, 0.5) is 18.3 Å². The largest absolute Gasteiger partial charge is 0.461 e. The number of nitrogens with one attached hydrogen (secondary N) is 1. The number of hydrogen-bond acceptors (Lipinski definition) is 7. The molecule has 0 atom stereocenters. The van der Waals surface area contributed by atoms with Crippen molar-refractivity contribution in [3.8, 4) is 5.69 Å². The molecule has 0 spiro atoms. The first-order chi connectivity index (χ1) is 13.7. The van der Waals surface area contributed by atoms with Gasteiger partial charge in [0.25, 0.3) is 5.91 Å². The number of carbonyl (C=O) groups excluding carboxylic acids is 2. The summed E-state index contributed by atoms with van der Waals surface area (Å²) in [5, 5.41) is 12.8. The molecule has 3 rings (SSSR count). The summed E-state index contributed by atoms with van der Waals surface area (Å²) >= 11 is 6.76. The molecule has 152 valence electrons. The second-order valence-electron chi connectivity index (χ2n) is 5.36. The molecular weight excluding hydrogens is 435 g/mol. The lowest BCUT2D eigenvalue weighted by Gasteiger charge is -2.08. The van der Waals surface area contributed by atoms with E-state index in [1.165, 1.54) is 18.2 Å². The van der Waals surface area contributed by atoms with Gasteiger partial charge in [0.05, 0.1) is 17.3 Å². The lowest BCUT2D eigenvalue weighted by atomic mass is 10.3. The minimum absolute atomic E-state index is 0.0827. The van der Waals surface area contributed by atoms with Crippen LogP contribution in [0, 0.1) is 0 Å². The molecule has 0 radical (unpaired) electrons. The second-order valence-corrected chi connectivity index (χ2v) is 6.75. The zero-order valence-electron chi connectivity index (χ0n) is 14.5. The number of para-hydroxylation sites is 1. The van der Waals surface area contributed by atoms with Crippen molar-refractivity contribution >= 4 is 39.9 Å². The number of alkyl halides is 3. The average Bonchev–Trinajstić information content (AvgIpc) is 3.29. The Labute approximate surface area is 170 Å². The van der Waals surface area contributed by atoms with Crippen molar-refractivity contribution in [1.82, 2.24) is 20.0 Å². The van der Waals surface area contributed by atoms with E-state index in [4.69, 9.17) is 16.3 Å². The first kappa shape index (κ1) is 20.7. The van der Waals surface area contributed by atoms with E-state index in [9.17, 15) is 22.8 Å². The fourth-order valence-electron chi connectivity index (χ4n) is 2.20. The number of esters is 1. The SMILES string of the molecule is CCOC(=O)c1nnc(NC(=O)c2cc(C(F)(F)F)nn2-c2ccccc2Cl)s1. The number of rotatable bonds is 5. The Bertz CT molecular complexity index is 1070. The molecule has 0 bridgehead atoms. The maximum atomic E-state index is 13.1. The van der Waals surface area contributed by atoms with Gasteiger partial charge < -0.3 is 4.74 Å². The van der Waals surface area contributed by atoms with Crippen LogP contribution < -0.4 is 5.32 Å². The van der Waals surface area contributed by atoms with E-state index in [2.05, 4.69) is 20.6 Å². The summed E-state index contributed by atoms with van der Waals surface area (Å²) in [6.07, 6.45) is -4.78. The van der Waals surface area contributed by atoms with Gasteiger partial charge in [0, 0.05) is 6.07 Å². The van der Waals surface area contributed by atoms with Crippen molar-refractivity contribution in [2.24, 2.45) is 0 Å². The van der Waals surface area contributed by atoms with E-state index < -0.39 is 29.4 Å². The number of anilines is 1. The van der Waals surface area contributed by atoms with Crippen LogP contribution in [-0.2, 0) is 10.9 Å². The Morgan fingerprint density at radius 3 is 2.66 bits per heavy atom. The number of amides is 1. The van der Waals surface area contributed by atoms with Crippen molar-refractivity contribution in [1.29, 1.82) is 0 Å². The van der Waals surface area contributed by atoms with Crippen molar-refractivity contribution in [3.05, 3.63) is 51.7 Å². The number of benzene rings is 1. The quantitative estimate of drug-likeness (QED) is 0.599. The Morgan fingerprint density at radius 2 is 2.00 bits per heavy atom. The number of hydrogen-bond donors (Lipinski definition) is 1. The maximum Gasteiger partial charge on any atom is 0.435 e. The van der Waals surface area contributed by atoms with E-state index in [0.29, 0.717) is 17.4 Å². The van der Waals surface area contributed by atoms with Crippen molar-refractivity contribution in [2.45, 2.75) is 13.1 Å². The first-order valence-corrected chi connectivity index (χ1v) is 9.14. The molecule has 0 aliphatic carbocycles. The molecule has 1 amide bonds. The van der Waals surface area contributed by atoms with Gasteiger partial charge >= 0.3 is 12.1 Å². The van der Waals surface area contributed by atoms with Crippen molar-refractivity contribution in [2.75, 3.05) is 11.9 Å². The molecule has 1 aromatic carbocycles. The molecule has 0 saturated heterocycles. The third-order valence-electron chi connectivity index (χ3n) is 3.41. The summed E-state index contributed by atoms with van der Waals surface area (Å²) in [7, 11) is 0. The summed E-state index contributed by atoms with van der Waals surface area (Å²) in [4.78, 5) is 24.2. The van der Waals surface area contributed by atoms with Gasteiger partial charge in [-0.2, -0.15) is 18.3 Å². The summed E-state index contributed by atoms with van der Waals surface area (Å²) in [5.74, 6) is -1.68. The monoisotopic (exact) mass is 445 g/mol. The molecule has 0 unspecified atom stereocenters. The zero-order chi connectivity index (χ0) is 21.2. The average molecular weight is 446 g/mol. The van der Waals surface area contributed by atoms with Crippen molar-refractivity contribution < 1.29 is 27.5 Å². The molecule has 0 aliphatic heterocycles. The molecule has 13 heteroatoms. The van der Waals surface area contributed by atoms with E-state index in [1.54, 1.807) is 13.0 Å². The minimum Gasteiger partial charge on any atom is -0.461 e. The number of halogens is 4. The van der Waals surface area contributed by atoms with Gasteiger partial charge in [0.15, 0.2) is 5.69 Å². The zero-order valence-corrected chi connectivity index (χ0v) is 16.1. The van der Waals surface area contributed by atoms with E-state index >= 15 is 0 Å². The molecule has 29 heavy (non-hydrogen) atoms. The highest BCUT2D eigenvalue weighted by molar-refractivity contribution is 7.17. The maximum absolute atomic E-state index is 13.1. The number of aromatic nitrogens is 4. The van der Waals surface area contributed by atoms with Crippen LogP contribution in [0.1, 0.15) is 32.9 Å². The third kappa shape index (κ3) is 4.54. The van der Waals surface area contributed by atoms with Gasteiger partial charge in [-0.3, -0.25) is 10.1 Å². The smallest absolute Gasteiger partial charge is 0.435 e. The number of carbonyl (C=O) groups is 2. The lowest BCUT2D eigenvalue weighted by Crippen LogP contribution is -2.17. The van der Waals surface area contributed by atoms with Crippen LogP contribution in [-0.4, -0.2) is 38.5 Å². The van der Waals surface area contributed by atoms with Crippen LogP contribution in [0.15, 0.2) is 30.3 Å². The molecule has 8 nitrogen and oxygen atoms in total. The second kappa shape index (κ2) is 8.17. The van der Waals surface area contributed by atoms with Crippen LogP contribution in [0.2, 0.25) is 5.02 Å². The third-order valence-corrected chi connectivity index (χ3v) is 4.55. The van der Waals surface area contributed by atoms with Gasteiger partial charge in [-0.1, -0.05) is 35.1 Å². The Morgan fingerprint density at radius 1 is 1.28 bits per heavy atom. The topological polar surface area (TPSA) is 99.0 Å². The van der Waals surface area contributed by atoms with E-state index in [-0.39, 0.29) is 27.5 Å². The Kier molecular flexibility index (Phi) is 5.84. The highest BCUT2D eigenvalue weighted by atomic mass is 35.5. The summed E-state index contributed by atoms with van der Waals surface area (Å²) in [6, 6.07) is 6.57. The van der Waals surface area contributed by atoms with Gasteiger partial charge in [-0.25, -0.2) is 9.48 Å². The Balaban J connectivity index is 1.95. The fraction of sp³-hybridized carbons (Fsp3) is 0.188. The highest BCUT2D eigenvalue weighted by Gasteiger charge is 2.36. The molecule has 0 fully saturated rings. The van der Waals surface area contributed by atoms with Gasteiger partial charge in [-0.15, -0.1) is 10.2 Å². The fourth-order valence-corrected chi connectivity index (χ4v) is 3.05. The molecule has 1 N–H and O–H groups in total. The summed E-state index contributed by atoms with van der Waals surface area (Å²) in [5.41, 5.74) is -1.62. The number of ether oxygens (including phenoxy) is 1. The van der Waals surface area contributed by atoms with E-state index in [1.807, 2.05) is 0 Å². The molecule has 2 aromatic heterocycles. The van der Waals surface area contributed by atoms with Crippen LogP contribution in [0.3, 0.4) is 0 Å². The van der Waals surface area contributed by atoms with Crippen LogP contribution >= 0.6 is 22.9 Å². The van der Waals surface area contributed by atoms with Crippen LogP contribution in [0.5, 0.6) is 0 Å². The van der Waals surface area contributed by atoms with Gasteiger partial charge in [-0.05, 0) is 19.1 Å². The van der Waals surface area contributed by atoms with Gasteiger partial charge in [0.2, 0.25) is 10.1 Å². The minimum atomic E-state index is -4.78. The Hall–Kier alpha value is -2.99. The molecule has 2 heterocycles. The predicted octanol–water partition coefficient (Wildman–Crippen LogP) is 3.83. The summed E-state index contributed by atoms with van der Waals surface area (Å²) in [6.45, 7) is 1.73. The van der Waals surface area contributed by atoms with Crippen molar-refractivity contribution in [3.63, 3.8) is 0 Å². The predicted molar refractivity (Wildman–Crippen MR) is 97.4 cm³/mol. The standard InChI is InChI=1S/C16H11ClF3N5O3S/c1-2-28-14(27)13-22-23-15(29-13)21-12(26)10-7-11(16(18,19)20)24-25(10)9-6-4-3-5-8(9)17/h3-7H,2H2,1H3,(H,21,23,26). The molecular formula is C16H11ClF3N5O3S. The van der Waals surface area contributed by atoms with Crippen LogP contribution in [0.25, 0.3) is 5.69 Å². The molecule has 0 saturated carbocycles. The molecule has 0 aliphatic rings. The molecule has 3 aromatic rings. The first-order valence-electron chi connectivity index (χ1n) is 7.95. The highest BCUT2D eigenvalue weighted by Crippen LogP contribution is 2.31. The lowest BCUT2D eigenvalue weighted by molar-refractivity contribution is -0.141. The van der Waals surface area contributed by atoms with E-state index in [0.717, 1.165) is 4.68 Å². The number of nitrogens with zero attached hydrogens (tertiary/aromatic N) is 4. The van der Waals surface area contributed by atoms with Gasteiger partial charge in [0.1, 0.15) is 5.69 Å². The summed E-state index contributed by atoms with van der Waals surface area (Å²) < 4.78 is 45.0. The normalized spacial score (nSPS) is 11.3.